The van der Waals surface area contributed by atoms with Crippen LogP contribution in [0.25, 0.3) is 10.9 Å². The molecule has 2 aliphatic rings. The molecule has 1 aromatic heterocycles. The molecule has 1 saturated carbocycles. The van der Waals surface area contributed by atoms with Crippen LogP contribution in [0.3, 0.4) is 0 Å². The molecule has 1 aliphatic carbocycles. The molecule has 3 heteroatoms. The molecule has 1 N–H and O–H groups in total. The average molecular weight is 268 g/mol. The monoisotopic (exact) mass is 268 g/mol. The van der Waals surface area contributed by atoms with Crippen LogP contribution in [0.1, 0.15) is 25.7 Å². The molecule has 2 unspecified atom stereocenters. The van der Waals surface area contributed by atoms with Crippen LogP contribution in [0.5, 0.6) is 0 Å². The van der Waals surface area contributed by atoms with Gasteiger partial charge in [-0.2, -0.15) is 0 Å². The highest BCUT2D eigenvalue weighted by Gasteiger charge is 2.35. The van der Waals surface area contributed by atoms with Crippen LogP contribution >= 0.6 is 0 Å². The normalized spacial score (nSPS) is 26.6. The maximum absolute atomic E-state index is 5.88. The lowest BCUT2D eigenvalue weighted by molar-refractivity contribution is -0.00222. The molecule has 1 aliphatic heterocycles. The fourth-order valence-corrected chi connectivity index (χ4v) is 3.11. The lowest BCUT2D eigenvalue weighted by Crippen LogP contribution is -2.35. The third-order valence-electron chi connectivity index (χ3n) is 4.41. The van der Waals surface area contributed by atoms with Crippen LogP contribution in [0, 0.1) is 5.92 Å². The van der Waals surface area contributed by atoms with Crippen molar-refractivity contribution in [3.05, 3.63) is 36.4 Å². The van der Waals surface area contributed by atoms with Crippen molar-refractivity contribution >= 4 is 16.7 Å². The van der Waals surface area contributed by atoms with Crippen LogP contribution in [0.15, 0.2) is 36.4 Å². The summed E-state index contributed by atoms with van der Waals surface area (Å²) in [5, 5.41) is 4.79. The van der Waals surface area contributed by atoms with E-state index in [0.717, 1.165) is 36.7 Å². The molecule has 20 heavy (non-hydrogen) atoms. The lowest BCUT2D eigenvalue weighted by Gasteiger charge is -2.30. The summed E-state index contributed by atoms with van der Waals surface area (Å²) in [6.07, 6.45) is 5.38. The van der Waals surface area contributed by atoms with E-state index in [-0.39, 0.29) is 0 Å². The number of nitrogens with one attached hydrogen (secondary N) is 1. The zero-order valence-corrected chi connectivity index (χ0v) is 11.6. The zero-order valence-electron chi connectivity index (χ0n) is 11.6. The number of pyridine rings is 1. The van der Waals surface area contributed by atoms with Gasteiger partial charge in [0, 0.05) is 18.0 Å². The minimum Gasteiger partial charge on any atom is -0.378 e. The van der Waals surface area contributed by atoms with Gasteiger partial charge in [-0.3, -0.25) is 0 Å². The number of hydrogen-bond acceptors (Lipinski definition) is 3. The Hall–Kier alpha value is -1.61. The maximum atomic E-state index is 5.88. The second kappa shape index (κ2) is 5.06. The molecule has 1 saturated heterocycles. The lowest BCUT2D eigenvalue weighted by atomic mass is 10.00. The number of nitrogens with zero attached hydrogens (tertiary/aromatic N) is 1. The van der Waals surface area contributed by atoms with E-state index in [1.807, 2.05) is 6.07 Å². The minimum atomic E-state index is 0.474. The number of rotatable bonds is 3. The molecular formula is C17H20N2O. The van der Waals surface area contributed by atoms with Crippen LogP contribution in [-0.4, -0.2) is 23.7 Å². The minimum absolute atomic E-state index is 0.474. The molecule has 0 spiro atoms. The standard InChI is InChI=1S/C17H20N2O/c1-2-4-15-12(3-1)7-8-17(19-15)18-14-9-10-20-16(11-14)13-5-6-13/h1-4,7-8,13-14,16H,5-6,9-11H2,(H,18,19). The van der Waals surface area contributed by atoms with Gasteiger partial charge in [0.15, 0.2) is 0 Å². The van der Waals surface area contributed by atoms with E-state index in [4.69, 9.17) is 9.72 Å². The predicted molar refractivity (Wildman–Crippen MR) is 80.9 cm³/mol. The summed E-state index contributed by atoms with van der Waals surface area (Å²) >= 11 is 0. The van der Waals surface area contributed by atoms with Crippen molar-refractivity contribution in [3.63, 3.8) is 0 Å². The molecule has 0 radical (unpaired) electrons. The fourth-order valence-electron chi connectivity index (χ4n) is 3.11. The SMILES string of the molecule is c1ccc2nc(NC3CCOC(C4CC4)C3)ccc2c1. The first-order valence-electron chi connectivity index (χ1n) is 7.62. The summed E-state index contributed by atoms with van der Waals surface area (Å²) in [5.41, 5.74) is 1.06. The number of aromatic nitrogens is 1. The first-order chi connectivity index (χ1) is 9.88. The van der Waals surface area contributed by atoms with Gasteiger partial charge in [0.05, 0.1) is 11.6 Å². The Labute approximate surface area is 119 Å². The zero-order chi connectivity index (χ0) is 13.4. The van der Waals surface area contributed by atoms with Crippen molar-refractivity contribution in [3.8, 4) is 0 Å². The molecule has 0 amide bonds. The van der Waals surface area contributed by atoms with E-state index in [1.165, 1.54) is 18.2 Å². The molecule has 2 fully saturated rings. The maximum Gasteiger partial charge on any atom is 0.126 e. The Morgan fingerprint density at radius 3 is 2.85 bits per heavy atom. The molecule has 4 rings (SSSR count). The van der Waals surface area contributed by atoms with Gasteiger partial charge in [0.25, 0.3) is 0 Å². The highest BCUT2D eigenvalue weighted by atomic mass is 16.5. The molecule has 3 nitrogen and oxygen atoms in total. The Kier molecular flexibility index (Phi) is 3.07. The first kappa shape index (κ1) is 12.2. The van der Waals surface area contributed by atoms with Gasteiger partial charge in [0.1, 0.15) is 5.82 Å². The summed E-state index contributed by atoms with van der Waals surface area (Å²) < 4.78 is 5.88. The Bertz CT molecular complexity index is 609. The summed E-state index contributed by atoms with van der Waals surface area (Å²) in [6.45, 7) is 0.881. The smallest absolute Gasteiger partial charge is 0.126 e. The van der Waals surface area contributed by atoms with Gasteiger partial charge in [-0.1, -0.05) is 18.2 Å². The predicted octanol–water partition coefficient (Wildman–Crippen LogP) is 3.60. The summed E-state index contributed by atoms with van der Waals surface area (Å²) in [5.74, 6) is 1.81. The van der Waals surface area contributed by atoms with Gasteiger partial charge in [0.2, 0.25) is 0 Å². The van der Waals surface area contributed by atoms with Crippen LogP contribution in [-0.2, 0) is 4.74 Å². The van der Waals surface area contributed by atoms with Crippen molar-refractivity contribution in [1.29, 1.82) is 0 Å². The second-order valence-corrected chi connectivity index (χ2v) is 6.00. The Morgan fingerprint density at radius 1 is 1.05 bits per heavy atom. The molecular weight excluding hydrogens is 248 g/mol. The van der Waals surface area contributed by atoms with Crippen molar-refractivity contribution in [2.75, 3.05) is 11.9 Å². The number of anilines is 1. The number of fused-ring (bicyclic) bond motifs is 1. The van der Waals surface area contributed by atoms with E-state index in [1.54, 1.807) is 0 Å². The van der Waals surface area contributed by atoms with E-state index in [2.05, 4.69) is 35.6 Å². The van der Waals surface area contributed by atoms with Gasteiger partial charge in [-0.25, -0.2) is 4.98 Å². The van der Waals surface area contributed by atoms with Gasteiger partial charge < -0.3 is 10.1 Å². The topological polar surface area (TPSA) is 34.2 Å². The van der Waals surface area contributed by atoms with E-state index in [9.17, 15) is 0 Å². The molecule has 2 atom stereocenters. The third kappa shape index (κ3) is 2.50. The van der Waals surface area contributed by atoms with Gasteiger partial charge in [-0.15, -0.1) is 0 Å². The van der Waals surface area contributed by atoms with E-state index < -0.39 is 0 Å². The van der Waals surface area contributed by atoms with Crippen molar-refractivity contribution in [1.82, 2.24) is 4.98 Å². The van der Waals surface area contributed by atoms with Crippen LogP contribution < -0.4 is 5.32 Å². The first-order valence-corrected chi connectivity index (χ1v) is 7.62. The largest absolute Gasteiger partial charge is 0.378 e. The van der Waals surface area contributed by atoms with Crippen molar-refractivity contribution < 1.29 is 4.74 Å². The van der Waals surface area contributed by atoms with Crippen molar-refractivity contribution in [2.24, 2.45) is 5.92 Å². The summed E-state index contributed by atoms with van der Waals surface area (Å²) in [7, 11) is 0. The summed E-state index contributed by atoms with van der Waals surface area (Å²) in [6, 6.07) is 13.0. The van der Waals surface area contributed by atoms with Crippen molar-refractivity contribution in [2.45, 2.75) is 37.8 Å². The molecule has 2 aromatic rings. The average Bonchev–Trinajstić information content (AvgIpc) is 3.32. The van der Waals surface area contributed by atoms with E-state index in [0.29, 0.717) is 12.1 Å². The molecule has 0 bridgehead atoms. The fraction of sp³-hybridized carbons (Fsp3) is 0.471. The third-order valence-corrected chi connectivity index (χ3v) is 4.41. The number of hydrogen-bond donors (Lipinski definition) is 1. The quantitative estimate of drug-likeness (QED) is 0.923. The number of ether oxygens (including phenoxy) is 1. The van der Waals surface area contributed by atoms with Gasteiger partial charge >= 0.3 is 0 Å². The molecule has 104 valence electrons. The molecule has 1 aromatic carbocycles. The summed E-state index contributed by atoms with van der Waals surface area (Å²) in [4.78, 5) is 4.70. The molecule has 2 heterocycles. The highest BCUT2D eigenvalue weighted by molar-refractivity contribution is 5.80. The second-order valence-electron chi connectivity index (χ2n) is 6.00. The van der Waals surface area contributed by atoms with Crippen LogP contribution in [0.4, 0.5) is 5.82 Å². The van der Waals surface area contributed by atoms with Gasteiger partial charge in [-0.05, 0) is 49.8 Å². The number of benzene rings is 1. The van der Waals surface area contributed by atoms with E-state index >= 15 is 0 Å². The number of para-hydroxylation sites is 1. The Balaban J connectivity index is 1.48. The highest BCUT2D eigenvalue weighted by Crippen LogP contribution is 2.38. The Morgan fingerprint density at radius 2 is 1.95 bits per heavy atom. The van der Waals surface area contributed by atoms with Crippen LogP contribution in [0.2, 0.25) is 0 Å².